The molecule has 3 aliphatic rings. The number of halogens is 1. The Balaban J connectivity index is 2.03. The lowest BCUT2D eigenvalue weighted by atomic mass is 9.76. The van der Waals surface area contributed by atoms with Gasteiger partial charge in [0.2, 0.25) is 0 Å². The lowest BCUT2D eigenvalue weighted by Gasteiger charge is -2.29. The lowest BCUT2D eigenvalue weighted by molar-refractivity contribution is 0.108. The highest BCUT2D eigenvalue weighted by atomic mass is 35.5. The van der Waals surface area contributed by atoms with Crippen LogP contribution >= 0.6 is 11.6 Å². The molecule has 1 nitrogen and oxygen atoms in total. The summed E-state index contributed by atoms with van der Waals surface area (Å²) in [6.07, 6.45) is 8.90. The summed E-state index contributed by atoms with van der Waals surface area (Å²) in [5, 5.41) is 10.1. The third-order valence-electron chi connectivity index (χ3n) is 4.42. The van der Waals surface area contributed by atoms with Gasteiger partial charge in [0.05, 0.1) is 6.10 Å². The first kappa shape index (κ1) is 8.31. The molecule has 0 bridgehead atoms. The first-order valence-electron chi connectivity index (χ1n) is 5.24. The van der Waals surface area contributed by atoms with Gasteiger partial charge >= 0.3 is 0 Å². The minimum absolute atomic E-state index is 0.143. The van der Waals surface area contributed by atoms with Crippen molar-refractivity contribution in [3.8, 4) is 0 Å². The zero-order valence-corrected chi connectivity index (χ0v) is 8.37. The van der Waals surface area contributed by atoms with Crippen LogP contribution < -0.4 is 0 Å². The van der Waals surface area contributed by atoms with E-state index in [1.807, 2.05) is 0 Å². The molecule has 0 aromatic carbocycles. The molecule has 3 aliphatic carbocycles. The van der Waals surface area contributed by atoms with Crippen molar-refractivity contribution in [2.24, 2.45) is 17.3 Å². The van der Waals surface area contributed by atoms with Gasteiger partial charge in [0.1, 0.15) is 0 Å². The maximum Gasteiger partial charge on any atom is 0.0591 e. The first-order chi connectivity index (χ1) is 6.24. The summed E-state index contributed by atoms with van der Waals surface area (Å²) in [6, 6.07) is 0. The van der Waals surface area contributed by atoms with Crippen LogP contribution in [0.25, 0.3) is 0 Å². The number of rotatable bonds is 0. The Morgan fingerprint density at radius 2 is 2.31 bits per heavy atom. The summed E-state index contributed by atoms with van der Waals surface area (Å²) in [4.78, 5) is 0. The maximum atomic E-state index is 9.89. The average Bonchev–Trinajstić information content (AvgIpc) is 2.65. The summed E-state index contributed by atoms with van der Waals surface area (Å²) in [7, 11) is 0. The fraction of sp³-hybridized carbons (Fsp3) is 0.818. The summed E-state index contributed by atoms with van der Waals surface area (Å²) in [5.41, 5.74) is 0.297. The van der Waals surface area contributed by atoms with Gasteiger partial charge < -0.3 is 5.11 Å². The van der Waals surface area contributed by atoms with Crippen molar-refractivity contribution in [2.75, 3.05) is 0 Å². The number of aliphatic hydroxyl groups is 1. The van der Waals surface area contributed by atoms with Crippen LogP contribution in [0.4, 0.5) is 0 Å². The molecule has 0 heterocycles. The molecule has 1 N–H and O–H groups in total. The van der Waals surface area contributed by atoms with Gasteiger partial charge in [-0.25, -0.2) is 0 Å². The molecule has 0 amide bonds. The highest BCUT2D eigenvalue weighted by molar-refractivity contribution is 6.21. The molecule has 72 valence electrons. The van der Waals surface area contributed by atoms with E-state index in [2.05, 4.69) is 12.2 Å². The molecule has 5 atom stereocenters. The Kier molecular flexibility index (Phi) is 1.61. The van der Waals surface area contributed by atoms with E-state index >= 15 is 0 Å². The van der Waals surface area contributed by atoms with Gasteiger partial charge in [0.15, 0.2) is 0 Å². The Labute approximate surface area is 83.8 Å². The van der Waals surface area contributed by atoms with E-state index in [4.69, 9.17) is 11.6 Å². The summed E-state index contributed by atoms with van der Waals surface area (Å²) in [6.45, 7) is 0. The molecule has 2 saturated carbocycles. The van der Waals surface area contributed by atoms with Gasteiger partial charge in [-0.3, -0.25) is 0 Å². The molecule has 2 heteroatoms. The van der Waals surface area contributed by atoms with E-state index in [1.54, 1.807) is 0 Å². The van der Waals surface area contributed by atoms with Crippen LogP contribution in [0, 0.1) is 17.3 Å². The molecule has 3 rings (SSSR count). The Morgan fingerprint density at radius 3 is 3.15 bits per heavy atom. The number of hydrogen-bond donors (Lipinski definition) is 1. The number of hydrogen-bond acceptors (Lipinski definition) is 1. The third kappa shape index (κ3) is 0.875. The van der Waals surface area contributed by atoms with Crippen molar-refractivity contribution in [3.05, 3.63) is 12.2 Å². The van der Waals surface area contributed by atoms with E-state index in [0.717, 1.165) is 25.2 Å². The van der Waals surface area contributed by atoms with Crippen molar-refractivity contribution in [2.45, 2.75) is 37.2 Å². The van der Waals surface area contributed by atoms with Crippen LogP contribution in [0.3, 0.4) is 0 Å². The van der Waals surface area contributed by atoms with Crippen molar-refractivity contribution in [1.82, 2.24) is 0 Å². The Morgan fingerprint density at radius 1 is 1.46 bits per heavy atom. The molecule has 0 aromatic rings. The SMILES string of the molecule is O[C@H]1CC[C@]23C=CC[C@H]2C[C@H](Cl)[C@H]13. The molecule has 13 heavy (non-hydrogen) atoms. The molecule has 0 saturated heterocycles. The topological polar surface area (TPSA) is 20.2 Å². The van der Waals surface area contributed by atoms with Crippen LogP contribution in [0.5, 0.6) is 0 Å². The Hall–Kier alpha value is -0.0100. The van der Waals surface area contributed by atoms with E-state index in [9.17, 15) is 5.11 Å². The number of alkyl halides is 1. The molecule has 0 radical (unpaired) electrons. The lowest BCUT2D eigenvalue weighted by Crippen LogP contribution is -2.29. The average molecular weight is 199 g/mol. The molecule has 2 fully saturated rings. The van der Waals surface area contributed by atoms with E-state index in [0.29, 0.717) is 11.3 Å². The fourth-order valence-electron chi connectivity index (χ4n) is 3.89. The summed E-state index contributed by atoms with van der Waals surface area (Å²) in [5.74, 6) is 1.08. The van der Waals surface area contributed by atoms with Gasteiger partial charge in [-0.15, -0.1) is 11.6 Å². The standard InChI is InChI=1S/C11H15ClO/c12-8-6-7-2-1-4-11(7)5-3-9(13)10(8)11/h1,4,7-10,13H,2-3,5-6H2/t7-,8-,9-,10+,11+/m0/s1. The maximum absolute atomic E-state index is 9.89. The number of aliphatic hydroxyl groups excluding tert-OH is 1. The monoisotopic (exact) mass is 198 g/mol. The van der Waals surface area contributed by atoms with Gasteiger partial charge in [-0.2, -0.15) is 0 Å². The van der Waals surface area contributed by atoms with Gasteiger partial charge in [-0.1, -0.05) is 12.2 Å². The largest absolute Gasteiger partial charge is 0.393 e. The first-order valence-corrected chi connectivity index (χ1v) is 5.67. The normalized spacial score (nSPS) is 58.3. The predicted octanol–water partition coefficient (Wildman–Crippen LogP) is 2.33. The molecular weight excluding hydrogens is 184 g/mol. The van der Waals surface area contributed by atoms with Gasteiger partial charge in [0, 0.05) is 11.3 Å². The van der Waals surface area contributed by atoms with Crippen LogP contribution in [0.2, 0.25) is 0 Å². The van der Waals surface area contributed by atoms with Crippen LogP contribution in [-0.2, 0) is 0 Å². The fourth-order valence-corrected chi connectivity index (χ4v) is 4.51. The smallest absolute Gasteiger partial charge is 0.0591 e. The van der Waals surface area contributed by atoms with Crippen LogP contribution in [0.15, 0.2) is 12.2 Å². The molecule has 1 spiro atoms. The molecule has 0 aliphatic heterocycles. The minimum atomic E-state index is -0.143. The molecular formula is C11H15ClO. The molecule has 0 unspecified atom stereocenters. The third-order valence-corrected chi connectivity index (χ3v) is 4.87. The van der Waals surface area contributed by atoms with Gasteiger partial charge in [-0.05, 0) is 37.0 Å². The predicted molar refractivity (Wildman–Crippen MR) is 52.7 cm³/mol. The second-order valence-corrected chi connectivity index (χ2v) is 5.39. The highest BCUT2D eigenvalue weighted by Crippen LogP contribution is 2.63. The second-order valence-electron chi connectivity index (χ2n) is 4.83. The second kappa shape index (κ2) is 2.52. The van der Waals surface area contributed by atoms with Crippen molar-refractivity contribution >= 4 is 11.6 Å². The van der Waals surface area contributed by atoms with E-state index in [1.165, 1.54) is 6.42 Å². The van der Waals surface area contributed by atoms with E-state index < -0.39 is 0 Å². The van der Waals surface area contributed by atoms with Crippen LogP contribution in [-0.4, -0.2) is 16.6 Å². The van der Waals surface area contributed by atoms with Crippen molar-refractivity contribution < 1.29 is 5.11 Å². The summed E-state index contributed by atoms with van der Waals surface area (Å²) < 4.78 is 0. The zero-order chi connectivity index (χ0) is 9.05. The Bertz CT molecular complexity index is 263. The quantitative estimate of drug-likeness (QED) is 0.468. The number of allylic oxidation sites excluding steroid dienone is 2. The molecule has 0 aromatic heterocycles. The van der Waals surface area contributed by atoms with Crippen molar-refractivity contribution in [1.29, 1.82) is 0 Å². The summed E-state index contributed by atoms with van der Waals surface area (Å²) >= 11 is 6.31. The zero-order valence-electron chi connectivity index (χ0n) is 7.62. The highest BCUT2D eigenvalue weighted by Gasteiger charge is 2.59. The van der Waals surface area contributed by atoms with Crippen LogP contribution in [0.1, 0.15) is 25.7 Å². The van der Waals surface area contributed by atoms with Crippen molar-refractivity contribution in [3.63, 3.8) is 0 Å². The van der Waals surface area contributed by atoms with E-state index in [-0.39, 0.29) is 11.5 Å². The minimum Gasteiger partial charge on any atom is -0.393 e. The van der Waals surface area contributed by atoms with Gasteiger partial charge in [0.25, 0.3) is 0 Å².